The number of rotatable bonds is 3. The monoisotopic (exact) mass is 251 g/mol. The second-order valence-electron chi connectivity index (χ2n) is 4.31. The largest absolute Gasteiger partial charge is 0.338 e. The van der Waals surface area contributed by atoms with Gasteiger partial charge in [-0.25, -0.2) is 4.98 Å². The highest BCUT2D eigenvalue weighted by atomic mass is 16.1. The van der Waals surface area contributed by atoms with E-state index in [1.54, 1.807) is 12.1 Å². The maximum absolute atomic E-state index is 11.6. The second kappa shape index (κ2) is 4.66. The van der Waals surface area contributed by atoms with Gasteiger partial charge in [0.1, 0.15) is 5.82 Å². The molecule has 1 heterocycles. The van der Waals surface area contributed by atoms with E-state index in [2.05, 4.69) is 9.97 Å². The van der Waals surface area contributed by atoms with E-state index in [4.69, 9.17) is 5.73 Å². The Balaban J connectivity index is 2.09. The number of Topliss-reactive ketones (excluding diaryl/α,β-unsaturated/α-hetero) is 1. The van der Waals surface area contributed by atoms with E-state index < -0.39 is 0 Å². The van der Waals surface area contributed by atoms with Gasteiger partial charge in [0, 0.05) is 11.1 Å². The van der Waals surface area contributed by atoms with Gasteiger partial charge in [0.25, 0.3) is 0 Å². The van der Waals surface area contributed by atoms with Crippen molar-refractivity contribution in [1.29, 1.82) is 0 Å². The Morgan fingerprint density at radius 1 is 1.16 bits per heavy atom. The molecule has 0 amide bonds. The van der Waals surface area contributed by atoms with Gasteiger partial charge in [0.2, 0.25) is 0 Å². The third-order valence-electron chi connectivity index (χ3n) is 3.04. The van der Waals surface area contributed by atoms with Gasteiger partial charge in [-0.3, -0.25) is 4.79 Å². The SMILES string of the molecule is NCC(=O)c1ccc2nc(-c3ccccc3)[nH]c2c1. The number of hydrogen-bond donors (Lipinski definition) is 2. The molecule has 0 saturated heterocycles. The van der Waals surface area contributed by atoms with E-state index >= 15 is 0 Å². The van der Waals surface area contributed by atoms with Crippen molar-refractivity contribution >= 4 is 16.8 Å². The summed E-state index contributed by atoms with van der Waals surface area (Å²) in [6.07, 6.45) is 0. The molecule has 3 rings (SSSR count). The molecule has 0 fully saturated rings. The number of aromatic nitrogens is 2. The summed E-state index contributed by atoms with van der Waals surface area (Å²) < 4.78 is 0. The summed E-state index contributed by atoms with van der Waals surface area (Å²) in [5.41, 5.74) is 8.68. The van der Waals surface area contributed by atoms with Gasteiger partial charge in [-0.05, 0) is 18.2 Å². The Hall–Kier alpha value is -2.46. The molecule has 1 aromatic heterocycles. The van der Waals surface area contributed by atoms with Crippen molar-refractivity contribution in [3.8, 4) is 11.4 Å². The van der Waals surface area contributed by atoms with Crippen LogP contribution in [-0.2, 0) is 0 Å². The molecule has 0 aliphatic rings. The summed E-state index contributed by atoms with van der Waals surface area (Å²) >= 11 is 0. The van der Waals surface area contributed by atoms with E-state index in [9.17, 15) is 4.79 Å². The number of nitrogens with two attached hydrogens (primary N) is 1. The predicted molar refractivity (Wildman–Crippen MR) is 74.9 cm³/mol. The van der Waals surface area contributed by atoms with Crippen LogP contribution in [0, 0.1) is 0 Å². The van der Waals surface area contributed by atoms with Crippen LogP contribution in [0.2, 0.25) is 0 Å². The molecule has 4 nitrogen and oxygen atoms in total. The summed E-state index contributed by atoms with van der Waals surface area (Å²) in [6, 6.07) is 15.3. The normalized spacial score (nSPS) is 10.8. The highest BCUT2D eigenvalue weighted by Crippen LogP contribution is 2.21. The number of nitrogens with one attached hydrogen (secondary N) is 1. The topological polar surface area (TPSA) is 71.8 Å². The number of H-pyrrole nitrogens is 1. The molecular weight excluding hydrogens is 238 g/mol. The first kappa shape index (κ1) is 11.6. The Labute approximate surface area is 110 Å². The van der Waals surface area contributed by atoms with Crippen molar-refractivity contribution in [2.45, 2.75) is 0 Å². The van der Waals surface area contributed by atoms with Crippen molar-refractivity contribution < 1.29 is 4.79 Å². The summed E-state index contributed by atoms with van der Waals surface area (Å²) in [4.78, 5) is 19.3. The highest BCUT2D eigenvalue weighted by molar-refractivity contribution is 6.00. The maximum atomic E-state index is 11.6. The maximum Gasteiger partial charge on any atom is 0.176 e. The van der Waals surface area contributed by atoms with E-state index in [1.165, 1.54) is 0 Å². The smallest absolute Gasteiger partial charge is 0.176 e. The Kier molecular flexibility index (Phi) is 2.85. The number of aromatic amines is 1. The minimum atomic E-state index is -0.0715. The number of benzene rings is 2. The summed E-state index contributed by atoms with van der Waals surface area (Å²) in [5, 5.41) is 0. The molecule has 0 atom stereocenters. The van der Waals surface area contributed by atoms with Gasteiger partial charge < -0.3 is 10.7 Å². The van der Waals surface area contributed by atoms with Crippen LogP contribution in [0.3, 0.4) is 0 Å². The molecule has 3 N–H and O–H groups in total. The first-order valence-corrected chi connectivity index (χ1v) is 6.06. The zero-order valence-electron chi connectivity index (χ0n) is 10.3. The van der Waals surface area contributed by atoms with Crippen LogP contribution in [-0.4, -0.2) is 22.3 Å². The van der Waals surface area contributed by atoms with Crippen LogP contribution in [0.25, 0.3) is 22.4 Å². The highest BCUT2D eigenvalue weighted by Gasteiger charge is 2.08. The van der Waals surface area contributed by atoms with Crippen LogP contribution in [0.15, 0.2) is 48.5 Å². The quantitative estimate of drug-likeness (QED) is 0.702. The number of hydrogen-bond acceptors (Lipinski definition) is 3. The molecular formula is C15H13N3O. The average molecular weight is 251 g/mol. The van der Waals surface area contributed by atoms with Crippen LogP contribution in [0.4, 0.5) is 0 Å². The van der Waals surface area contributed by atoms with Crippen LogP contribution >= 0.6 is 0 Å². The lowest BCUT2D eigenvalue weighted by Crippen LogP contribution is -2.13. The molecule has 2 aromatic carbocycles. The fourth-order valence-corrected chi connectivity index (χ4v) is 2.03. The Bertz CT molecular complexity index is 731. The molecule has 0 spiro atoms. The average Bonchev–Trinajstić information content (AvgIpc) is 2.90. The molecule has 19 heavy (non-hydrogen) atoms. The fourth-order valence-electron chi connectivity index (χ4n) is 2.03. The molecule has 0 radical (unpaired) electrons. The van der Waals surface area contributed by atoms with Crippen molar-refractivity contribution in [2.75, 3.05) is 6.54 Å². The van der Waals surface area contributed by atoms with Gasteiger partial charge >= 0.3 is 0 Å². The van der Waals surface area contributed by atoms with Crippen molar-refractivity contribution in [3.63, 3.8) is 0 Å². The molecule has 3 aromatic rings. The second-order valence-corrected chi connectivity index (χ2v) is 4.31. The van der Waals surface area contributed by atoms with Gasteiger partial charge in [-0.1, -0.05) is 30.3 Å². The van der Waals surface area contributed by atoms with Crippen molar-refractivity contribution in [2.24, 2.45) is 5.73 Å². The number of fused-ring (bicyclic) bond motifs is 1. The van der Waals surface area contributed by atoms with Crippen LogP contribution < -0.4 is 5.73 Å². The third kappa shape index (κ3) is 2.13. The lowest BCUT2D eigenvalue weighted by Gasteiger charge is -1.96. The Morgan fingerprint density at radius 3 is 2.68 bits per heavy atom. The fraction of sp³-hybridized carbons (Fsp3) is 0.0667. The molecule has 4 heteroatoms. The number of carbonyl (C=O) groups excluding carboxylic acids is 1. The third-order valence-corrected chi connectivity index (χ3v) is 3.04. The lowest BCUT2D eigenvalue weighted by molar-refractivity contribution is 0.100. The van der Waals surface area contributed by atoms with Crippen LogP contribution in [0.5, 0.6) is 0 Å². The van der Waals surface area contributed by atoms with Gasteiger partial charge in [-0.15, -0.1) is 0 Å². The zero-order chi connectivity index (χ0) is 13.2. The van der Waals surface area contributed by atoms with Crippen molar-refractivity contribution in [1.82, 2.24) is 9.97 Å². The van der Waals surface area contributed by atoms with Crippen molar-refractivity contribution in [3.05, 3.63) is 54.1 Å². The summed E-state index contributed by atoms with van der Waals surface area (Å²) in [6.45, 7) is 0.0190. The number of imidazole rings is 1. The zero-order valence-corrected chi connectivity index (χ0v) is 10.3. The first-order chi connectivity index (χ1) is 9.28. The van der Waals surface area contributed by atoms with E-state index in [-0.39, 0.29) is 12.3 Å². The molecule has 0 bridgehead atoms. The molecule has 0 aliphatic carbocycles. The van der Waals surface area contributed by atoms with E-state index in [0.29, 0.717) is 5.56 Å². The lowest BCUT2D eigenvalue weighted by atomic mass is 10.1. The number of ketones is 1. The number of carbonyl (C=O) groups is 1. The number of nitrogens with zero attached hydrogens (tertiary/aromatic N) is 1. The predicted octanol–water partition coefficient (Wildman–Crippen LogP) is 2.37. The van der Waals surface area contributed by atoms with E-state index in [0.717, 1.165) is 22.4 Å². The summed E-state index contributed by atoms with van der Waals surface area (Å²) in [5.74, 6) is 0.728. The first-order valence-electron chi connectivity index (χ1n) is 6.06. The van der Waals surface area contributed by atoms with E-state index in [1.807, 2.05) is 36.4 Å². The van der Waals surface area contributed by atoms with Gasteiger partial charge in [0.15, 0.2) is 5.78 Å². The Morgan fingerprint density at radius 2 is 1.95 bits per heavy atom. The molecule has 0 aliphatic heterocycles. The van der Waals surface area contributed by atoms with Gasteiger partial charge in [-0.2, -0.15) is 0 Å². The standard InChI is InChI=1S/C15H13N3O/c16-9-14(19)11-6-7-12-13(8-11)18-15(17-12)10-4-2-1-3-5-10/h1-8H,9,16H2,(H,17,18). The van der Waals surface area contributed by atoms with Crippen LogP contribution in [0.1, 0.15) is 10.4 Å². The van der Waals surface area contributed by atoms with Gasteiger partial charge in [0.05, 0.1) is 17.6 Å². The summed E-state index contributed by atoms with van der Waals surface area (Å²) in [7, 11) is 0. The molecule has 94 valence electrons. The molecule has 0 unspecified atom stereocenters. The minimum Gasteiger partial charge on any atom is -0.338 e. The minimum absolute atomic E-state index is 0.0190. The molecule has 0 saturated carbocycles.